The molecule has 0 bridgehead atoms. The molecule has 0 aliphatic heterocycles. The highest BCUT2D eigenvalue weighted by atomic mass is 79.9. The van der Waals surface area contributed by atoms with Gasteiger partial charge in [-0.2, -0.15) is 0 Å². The van der Waals surface area contributed by atoms with Crippen molar-refractivity contribution in [3.63, 3.8) is 0 Å². The van der Waals surface area contributed by atoms with Gasteiger partial charge in [0.05, 0.1) is 10.4 Å². The summed E-state index contributed by atoms with van der Waals surface area (Å²) in [7, 11) is -3.64. The van der Waals surface area contributed by atoms with Crippen molar-refractivity contribution in [3.05, 3.63) is 32.4 Å². The van der Waals surface area contributed by atoms with Crippen molar-refractivity contribution in [1.29, 1.82) is 0 Å². The van der Waals surface area contributed by atoms with Crippen molar-refractivity contribution in [1.82, 2.24) is 0 Å². The van der Waals surface area contributed by atoms with Crippen LogP contribution in [0.4, 0.5) is 5.00 Å². The molecule has 114 valence electrons. The second-order valence-electron chi connectivity index (χ2n) is 4.01. The van der Waals surface area contributed by atoms with E-state index in [1.807, 2.05) is 0 Å². The van der Waals surface area contributed by atoms with E-state index in [0.29, 0.717) is 15.4 Å². The molecule has 0 atom stereocenters. The lowest BCUT2D eigenvalue weighted by molar-refractivity contribution is 0.0531. The van der Waals surface area contributed by atoms with Gasteiger partial charge in [-0.15, -0.1) is 22.7 Å². The first-order chi connectivity index (χ1) is 9.83. The van der Waals surface area contributed by atoms with Gasteiger partial charge in [0.25, 0.3) is 10.0 Å². The van der Waals surface area contributed by atoms with Crippen molar-refractivity contribution in [3.8, 4) is 0 Å². The van der Waals surface area contributed by atoms with E-state index in [2.05, 4.69) is 20.7 Å². The summed E-state index contributed by atoms with van der Waals surface area (Å²) >= 11 is 5.41. The number of halogens is 1. The number of anilines is 1. The zero-order valence-electron chi connectivity index (χ0n) is 11.2. The van der Waals surface area contributed by atoms with Gasteiger partial charge in [0.2, 0.25) is 0 Å². The van der Waals surface area contributed by atoms with E-state index in [4.69, 9.17) is 4.74 Å². The molecular formula is C12H12BrNO4S3. The molecule has 0 radical (unpaired) electrons. The molecule has 0 fully saturated rings. The molecule has 1 N–H and O–H groups in total. The average molecular weight is 410 g/mol. The summed E-state index contributed by atoms with van der Waals surface area (Å²) < 4.78 is 32.7. The summed E-state index contributed by atoms with van der Waals surface area (Å²) in [6.45, 7) is 3.74. The number of thiophene rings is 2. The summed E-state index contributed by atoms with van der Waals surface area (Å²) in [5, 5.41) is 0.389. The normalized spacial score (nSPS) is 11.4. The average Bonchev–Trinajstić information content (AvgIpc) is 2.96. The first-order valence-corrected chi connectivity index (χ1v) is 9.80. The van der Waals surface area contributed by atoms with Crippen LogP contribution in [-0.2, 0) is 14.8 Å². The van der Waals surface area contributed by atoms with Gasteiger partial charge in [-0.05, 0) is 53.5 Å². The van der Waals surface area contributed by atoms with Gasteiger partial charge >= 0.3 is 5.97 Å². The lowest BCUT2D eigenvalue weighted by Crippen LogP contribution is -2.10. The Labute approximate surface area is 139 Å². The molecule has 0 aliphatic rings. The third-order valence-corrected chi connectivity index (χ3v) is 7.17. The zero-order chi connectivity index (χ0) is 15.6. The fraction of sp³-hybridized carbons (Fsp3) is 0.250. The second kappa shape index (κ2) is 6.47. The molecule has 2 aromatic heterocycles. The minimum atomic E-state index is -3.64. The fourth-order valence-corrected chi connectivity index (χ4v) is 5.82. The maximum atomic E-state index is 12.2. The molecule has 2 rings (SSSR count). The highest BCUT2D eigenvalue weighted by Crippen LogP contribution is 2.32. The van der Waals surface area contributed by atoms with Crippen LogP contribution in [0, 0.1) is 6.92 Å². The van der Waals surface area contributed by atoms with Crippen molar-refractivity contribution in [2.75, 3.05) is 11.3 Å². The monoisotopic (exact) mass is 409 g/mol. The molecule has 21 heavy (non-hydrogen) atoms. The smallest absolute Gasteiger partial charge is 0.348 e. The second-order valence-corrected chi connectivity index (χ2v) is 9.43. The van der Waals surface area contributed by atoms with Crippen molar-refractivity contribution in [2.45, 2.75) is 18.1 Å². The van der Waals surface area contributed by atoms with E-state index < -0.39 is 16.0 Å². The molecule has 0 saturated carbocycles. The Kier molecular flexibility index (Phi) is 5.07. The van der Waals surface area contributed by atoms with Gasteiger partial charge < -0.3 is 4.74 Å². The number of esters is 1. The maximum Gasteiger partial charge on any atom is 0.348 e. The van der Waals surface area contributed by atoms with E-state index in [0.717, 1.165) is 26.5 Å². The molecule has 2 aromatic rings. The molecule has 2 heterocycles. The number of carbonyl (C=O) groups is 1. The minimum absolute atomic E-state index is 0.207. The van der Waals surface area contributed by atoms with Crippen LogP contribution in [0.1, 0.15) is 22.2 Å². The van der Waals surface area contributed by atoms with Crippen LogP contribution in [0.3, 0.4) is 0 Å². The molecule has 5 nitrogen and oxygen atoms in total. The zero-order valence-corrected chi connectivity index (χ0v) is 15.2. The van der Waals surface area contributed by atoms with Gasteiger partial charge in [0, 0.05) is 0 Å². The number of aryl methyl sites for hydroxylation is 1. The first-order valence-electron chi connectivity index (χ1n) is 5.89. The van der Waals surface area contributed by atoms with Crippen molar-refractivity contribution >= 4 is 59.6 Å². The number of hydrogen-bond donors (Lipinski definition) is 1. The van der Waals surface area contributed by atoms with Crippen LogP contribution in [-0.4, -0.2) is 21.0 Å². The Morgan fingerprint density at radius 3 is 2.67 bits per heavy atom. The van der Waals surface area contributed by atoms with Crippen LogP contribution < -0.4 is 4.72 Å². The quantitative estimate of drug-likeness (QED) is 0.760. The largest absolute Gasteiger partial charge is 0.462 e. The van der Waals surface area contributed by atoms with Gasteiger partial charge in [-0.25, -0.2) is 13.2 Å². The first kappa shape index (κ1) is 16.5. The molecule has 0 aromatic carbocycles. The third kappa shape index (κ3) is 3.85. The van der Waals surface area contributed by atoms with E-state index in [9.17, 15) is 13.2 Å². The Hall–Kier alpha value is -0.900. The number of rotatable bonds is 5. The molecule has 0 saturated heterocycles. The van der Waals surface area contributed by atoms with Crippen LogP contribution in [0.25, 0.3) is 0 Å². The van der Waals surface area contributed by atoms with Crippen LogP contribution in [0.15, 0.2) is 26.2 Å². The van der Waals surface area contributed by atoms with Crippen molar-refractivity contribution in [2.24, 2.45) is 0 Å². The minimum Gasteiger partial charge on any atom is -0.462 e. The maximum absolute atomic E-state index is 12.2. The van der Waals surface area contributed by atoms with Gasteiger partial charge in [0.15, 0.2) is 0 Å². The Balaban J connectivity index is 2.24. The van der Waals surface area contributed by atoms with E-state index >= 15 is 0 Å². The highest BCUT2D eigenvalue weighted by molar-refractivity contribution is 9.11. The summed E-state index contributed by atoms with van der Waals surface area (Å²) in [4.78, 5) is 12.1. The van der Waals surface area contributed by atoms with E-state index in [-0.39, 0.29) is 10.8 Å². The third-order valence-electron chi connectivity index (χ3n) is 2.43. The topological polar surface area (TPSA) is 72.5 Å². The predicted molar refractivity (Wildman–Crippen MR) is 87.8 cm³/mol. The number of ether oxygens (including phenoxy) is 1. The lowest BCUT2D eigenvalue weighted by Gasteiger charge is -2.02. The Morgan fingerprint density at radius 1 is 1.38 bits per heavy atom. The number of sulfonamides is 1. The summed E-state index contributed by atoms with van der Waals surface area (Å²) in [6, 6.07) is 4.81. The predicted octanol–water partition coefficient (Wildman–Crippen LogP) is 3.86. The molecule has 0 aliphatic carbocycles. The Morgan fingerprint density at radius 2 is 2.10 bits per heavy atom. The highest BCUT2D eigenvalue weighted by Gasteiger charge is 2.20. The summed E-state index contributed by atoms with van der Waals surface area (Å²) in [6.07, 6.45) is 0. The SMILES string of the molecule is CCOC(=O)c1sc(NS(=O)(=O)c2ccc(Br)s2)cc1C. The standard InChI is InChI=1S/C12H12BrNO4S3/c1-3-18-12(15)11-7(2)6-9(20-11)14-21(16,17)10-5-4-8(13)19-10/h4-6,14H,3H2,1-2H3. The van der Waals surface area contributed by atoms with Gasteiger partial charge in [0.1, 0.15) is 14.1 Å². The fourth-order valence-electron chi connectivity index (χ4n) is 1.56. The van der Waals surface area contributed by atoms with Gasteiger partial charge in [-0.3, -0.25) is 4.72 Å². The number of hydrogen-bond acceptors (Lipinski definition) is 6. The molecular weight excluding hydrogens is 398 g/mol. The number of carbonyl (C=O) groups excluding carboxylic acids is 1. The van der Waals surface area contributed by atoms with E-state index in [1.54, 1.807) is 26.0 Å². The van der Waals surface area contributed by atoms with Crippen molar-refractivity contribution < 1.29 is 17.9 Å². The van der Waals surface area contributed by atoms with Crippen LogP contribution in [0.2, 0.25) is 0 Å². The molecule has 0 amide bonds. The summed E-state index contributed by atoms with van der Waals surface area (Å²) in [5.74, 6) is -0.440. The van der Waals surface area contributed by atoms with Crippen LogP contribution >= 0.6 is 38.6 Å². The van der Waals surface area contributed by atoms with Crippen LogP contribution in [0.5, 0.6) is 0 Å². The molecule has 0 unspecified atom stereocenters. The lowest BCUT2D eigenvalue weighted by atomic mass is 10.3. The Bertz CT molecular complexity index is 763. The molecule has 0 spiro atoms. The molecule has 9 heteroatoms. The summed E-state index contributed by atoms with van der Waals surface area (Å²) in [5.41, 5.74) is 0.684. The number of nitrogens with one attached hydrogen (secondary N) is 1. The van der Waals surface area contributed by atoms with E-state index in [1.165, 1.54) is 6.07 Å². The van der Waals surface area contributed by atoms with Gasteiger partial charge in [-0.1, -0.05) is 0 Å².